The van der Waals surface area contributed by atoms with E-state index in [-0.39, 0.29) is 0 Å². The monoisotopic (exact) mass is 261 g/mol. The van der Waals surface area contributed by atoms with Crippen LogP contribution in [0.2, 0.25) is 0 Å². The molecule has 2 rings (SSSR count). The summed E-state index contributed by atoms with van der Waals surface area (Å²) in [5, 5.41) is 3.78. The van der Waals surface area contributed by atoms with Crippen molar-refractivity contribution in [3.8, 4) is 0 Å². The summed E-state index contributed by atoms with van der Waals surface area (Å²) in [6.07, 6.45) is 6.20. The van der Waals surface area contributed by atoms with Crippen molar-refractivity contribution in [2.75, 3.05) is 11.9 Å². The SMILES string of the molecule is CCCC1CC(Nc2c(C)cccc2CC)CCO1. The summed E-state index contributed by atoms with van der Waals surface area (Å²) in [5.41, 5.74) is 4.14. The maximum absolute atomic E-state index is 5.83. The summed E-state index contributed by atoms with van der Waals surface area (Å²) >= 11 is 0. The van der Waals surface area contributed by atoms with Gasteiger partial charge in [0.2, 0.25) is 0 Å². The molecular formula is C17H27NO. The van der Waals surface area contributed by atoms with E-state index in [0.717, 1.165) is 25.9 Å². The van der Waals surface area contributed by atoms with Crippen LogP contribution in [0.4, 0.5) is 5.69 Å². The summed E-state index contributed by atoms with van der Waals surface area (Å²) in [6.45, 7) is 7.56. The van der Waals surface area contributed by atoms with Crippen molar-refractivity contribution in [1.82, 2.24) is 0 Å². The molecule has 2 atom stereocenters. The van der Waals surface area contributed by atoms with Crippen molar-refractivity contribution in [1.29, 1.82) is 0 Å². The first-order chi connectivity index (χ1) is 9.24. The standard InChI is InChI=1S/C17H27NO/c1-4-7-16-12-15(10-11-19-16)18-17-13(3)8-6-9-14(17)5-2/h6,8-9,15-16,18H,4-5,7,10-12H2,1-3H3. The molecule has 1 aromatic carbocycles. The summed E-state index contributed by atoms with van der Waals surface area (Å²) in [5.74, 6) is 0. The second kappa shape index (κ2) is 6.95. The number of para-hydroxylation sites is 1. The van der Waals surface area contributed by atoms with Crippen LogP contribution in [0.15, 0.2) is 18.2 Å². The van der Waals surface area contributed by atoms with Gasteiger partial charge in [0.1, 0.15) is 0 Å². The fourth-order valence-corrected chi connectivity index (χ4v) is 2.97. The van der Waals surface area contributed by atoms with Crippen LogP contribution in [0.5, 0.6) is 0 Å². The van der Waals surface area contributed by atoms with E-state index < -0.39 is 0 Å². The minimum atomic E-state index is 0.449. The highest BCUT2D eigenvalue weighted by Gasteiger charge is 2.22. The van der Waals surface area contributed by atoms with E-state index in [9.17, 15) is 0 Å². The van der Waals surface area contributed by atoms with Gasteiger partial charge in [0.05, 0.1) is 6.10 Å². The van der Waals surface area contributed by atoms with Gasteiger partial charge in [0.15, 0.2) is 0 Å². The highest BCUT2D eigenvalue weighted by atomic mass is 16.5. The average molecular weight is 261 g/mol. The van der Waals surface area contributed by atoms with Gasteiger partial charge in [-0.3, -0.25) is 0 Å². The molecule has 2 heteroatoms. The number of nitrogens with one attached hydrogen (secondary N) is 1. The van der Waals surface area contributed by atoms with Gasteiger partial charge in [-0.1, -0.05) is 38.5 Å². The molecule has 0 radical (unpaired) electrons. The van der Waals surface area contributed by atoms with Crippen molar-refractivity contribution in [2.24, 2.45) is 0 Å². The second-order valence-corrected chi connectivity index (χ2v) is 5.61. The Morgan fingerprint density at radius 3 is 2.89 bits per heavy atom. The van der Waals surface area contributed by atoms with Gasteiger partial charge in [0.25, 0.3) is 0 Å². The number of hydrogen-bond donors (Lipinski definition) is 1. The Balaban J connectivity index is 2.04. The lowest BCUT2D eigenvalue weighted by molar-refractivity contribution is 0.00596. The number of hydrogen-bond acceptors (Lipinski definition) is 2. The molecule has 1 saturated heterocycles. The van der Waals surface area contributed by atoms with E-state index in [1.165, 1.54) is 29.7 Å². The van der Waals surface area contributed by atoms with E-state index in [1.54, 1.807) is 0 Å². The molecule has 0 saturated carbocycles. The summed E-state index contributed by atoms with van der Waals surface area (Å²) in [6, 6.07) is 7.16. The number of benzene rings is 1. The normalized spacial score (nSPS) is 23.3. The van der Waals surface area contributed by atoms with Crippen LogP contribution in [0.25, 0.3) is 0 Å². The van der Waals surface area contributed by atoms with Crippen molar-refractivity contribution in [2.45, 2.75) is 65.0 Å². The molecule has 0 bridgehead atoms. The summed E-state index contributed by atoms with van der Waals surface area (Å²) in [4.78, 5) is 0. The lowest BCUT2D eigenvalue weighted by Crippen LogP contribution is -2.34. The fraction of sp³-hybridized carbons (Fsp3) is 0.647. The molecule has 1 N–H and O–H groups in total. The molecule has 19 heavy (non-hydrogen) atoms. The maximum atomic E-state index is 5.83. The van der Waals surface area contributed by atoms with E-state index in [4.69, 9.17) is 4.74 Å². The zero-order valence-corrected chi connectivity index (χ0v) is 12.5. The number of rotatable bonds is 5. The topological polar surface area (TPSA) is 21.3 Å². The molecule has 1 aliphatic heterocycles. The van der Waals surface area contributed by atoms with Crippen molar-refractivity contribution < 1.29 is 4.74 Å². The average Bonchev–Trinajstić information content (AvgIpc) is 2.42. The lowest BCUT2D eigenvalue weighted by Gasteiger charge is -2.31. The van der Waals surface area contributed by atoms with E-state index >= 15 is 0 Å². The Bertz CT molecular complexity index is 400. The zero-order chi connectivity index (χ0) is 13.7. The third-order valence-corrected chi connectivity index (χ3v) is 4.07. The Morgan fingerprint density at radius 1 is 1.32 bits per heavy atom. The van der Waals surface area contributed by atoms with Crippen molar-refractivity contribution in [3.63, 3.8) is 0 Å². The van der Waals surface area contributed by atoms with Gasteiger partial charge in [0, 0.05) is 18.3 Å². The molecular weight excluding hydrogens is 234 g/mol. The van der Waals surface area contributed by atoms with Crippen molar-refractivity contribution >= 4 is 5.69 Å². The zero-order valence-electron chi connectivity index (χ0n) is 12.5. The van der Waals surface area contributed by atoms with Crippen LogP contribution in [-0.2, 0) is 11.2 Å². The number of aryl methyl sites for hydroxylation is 2. The Morgan fingerprint density at radius 2 is 2.16 bits per heavy atom. The minimum absolute atomic E-state index is 0.449. The van der Waals surface area contributed by atoms with Crippen LogP contribution >= 0.6 is 0 Å². The Hall–Kier alpha value is -1.02. The van der Waals surface area contributed by atoms with E-state index in [2.05, 4.69) is 44.3 Å². The lowest BCUT2D eigenvalue weighted by atomic mass is 9.98. The summed E-state index contributed by atoms with van der Waals surface area (Å²) < 4.78 is 5.83. The van der Waals surface area contributed by atoms with Gasteiger partial charge in [-0.15, -0.1) is 0 Å². The first kappa shape index (κ1) is 14.4. The third-order valence-electron chi connectivity index (χ3n) is 4.07. The molecule has 1 aromatic rings. The molecule has 106 valence electrons. The van der Waals surface area contributed by atoms with Crippen LogP contribution in [0, 0.1) is 6.92 Å². The molecule has 0 spiro atoms. The van der Waals surface area contributed by atoms with Gasteiger partial charge in [-0.2, -0.15) is 0 Å². The van der Waals surface area contributed by atoms with E-state index in [0.29, 0.717) is 12.1 Å². The summed E-state index contributed by atoms with van der Waals surface area (Å²) in [7, 11) is 0. The molecule has 0 aliphatic carbocycles. The largest absolute Gasteiger partial charge is 0.382 e. The van der Waals surface area contributed by atoms with Gasteiger partial charge < -0.3 is 10.1 Å². The van der Waals surface area contributed by atoms with Gasteiger partial charge in [-0.25, -0.2) is 0 Å². The molecule has 2 nitrogen and oxygen atoms in total. The molecule has 0 amide bonds. The highest BCUT2D eigenvalue weighted by Crippen LogP contribution is 2.26. The number of ether oxygens (including phenoxy) is 1. The smallest absolute Gasteiger partial charge is 0.0594 e. The van der Waals surface area contributed by atoms with Gasteiger partial charge in [-0.05, 0) is 43.7 Å². The van der Waals surface area contributed by atoms with Crippen LogP contribution in [0.1, 0.15) is 50.7 Å². The Kier molecular flexibility index (Phi) is 5.26. The Labute approximate surface area is 117 Å². The van der Waals surface area contributed by atoms with E-state index in [1.807, 2.05) is 0 Å². The molecule has 0 aromatic heterocycles. The van der Waals surface area contributed by atoms with Crippen molar-refractivity contribution in [3.05, 3.63) is 29.3 Å². The first-order valence-corrected chi connectivity index (χ1v) is 7.71. The van der Waals surface area contributed by atoms with Crippen LogP contribution in [-0.4, -0.2) is 18.8 Å². The number of anilines is 1. The molecule has 2 unspecified atom stereocenters. The molecule has 1 fully saturated rings. The first-order valence-electron chi connectivity index (χ1n) is 7.71. The highest BCUT2D eigenvalue weighted by molar-refractivity contribution is 5.57. The molecule has 1 heterocycles. The maximum Gasteiger partial charge on any atom is 0.0594 e. The fourth-order valence-electron chi connectivity index (χ4n) is 2.97. The predicted octanol–water partition coefficient (Wildman–Crippen LogP) is 4.32. The molecule has 1 aliphatic rings. The van der Waals surface area contributed by atoms with Crippen LogP contribution in [0.3, 0.4) is 0 Å². The predicted molar refractivity (Wildman–Crippen MR) is 81.8 cm³/mol. The van der Waals surface area contributed by atoms with Crippen LogP contribution < -0.4 is 5.32 Å². The van der Waals surface area contributed by atoms with Gasteiger partial charge >= 0.3 is 0 Å². The third kappa shape index (κ3) is 3.73. The quantitative estimate of drug-likeness (QED) is 0.852. The second-order valence-electron chi connectivity index (χ2n) is 5.61. The minimum Gasteiger partial charge on any atom is -0.382 e.